The molecule has 1 amide bonds. The Morgan fingerprint density at radius 2 is 1.74 bits per heavy atom. The van der Waals surface area contributed by atoms with Gasteiger partial charge in [-0.3, -0.25) is 4.79 Å². The van der Waals surface area contributed by atoms with Gasteiger partial charge in [0.25, 0.3) is 0 Å². The van der Waals surface area contributed by atoms with Crippen molar-refractivity contribution in [2.45, 2.75) is 19.3 Å². The molecule has 0 N–H and O–H groups in total. The summed E-state index contributed by atoms with van der Waals surface area (Å²) in [5, 5.41) is 0.731. The number of carbonyl (C=O) groups is 1. The topological polar surface area (TPSA) is 42.0 Å². The van der Waals surface area contributed by atoms with Gasteiger partial charge in [0.15, 0.2) is 11.5 Å². The molecule has 2 aliphatic heterocycles. The van der Waals surface area contributed by atoms with Crippen molar-refractivity contribution >= 4 is 23.2 Å². The van der Waals surface area contributed by atoms with Gasteiger partial charge in [0.05, 0.1) is 5.41 Å². The van der Waals surface area contributed by atoms with Crippen LogP contribution in [0.3, 0.4) is 0 Å². The van der Waals surface area contributed by atoms with Crippen molar-refractivity contribution in [3.8, 4) is 11.5 Å². The second-order valence-corrected chi connectivity index (χ2v) is 7.89. The lowest BCUT2D eigenvalue weighted by molar-refractivity contribution is -0.136. The van der Waals surface area contributed by atoms with Gasteiger partial charge < -0.3 is 19.3 Å². The van der Waals surface area contributed by atoms with E-state index in [2.05, 4.69) is 11.0 Å². The minimum Gasteiger partial charge on any atom is -0.454 e. The van der Waals surface area contributed by atoms with Crippen LogP contribution in [0.2, 0.25) is 5.02 Å². The van der Waals surface area contributed by atoms with E-state index in [9.17, 15) is 4.79 Å². The molecule has 1 saturated heterocycles. The molecular weight excluding hydrogens is 364 g/mol. The van der Waals surface area contributed by atoms with Gasteiger partial charge in [-0.05, 0) is 49.7 Å². The number of nitrogens with zero attached hydrogens (tertiary/aromatic N) is 2. The van der Waals surface area contributed by atoms with Crippen LogP contribution in [0, 0.1) is 0 Å². The van der Waals surface area contributed by atoms with Gasteiger partial charge in [0, 0.05) is 36.9 Å². The zero-order valence-electron chi connectivity index (χ0n) is 15.6. The summed E-state index contributed by atoms with van der Waals surface area (Å²) in [4.78, 5) is 17.4. The van der Waals surface area contributed by atoms with Crippen LogP contribution >= 0.6 is 11.6 Å². The summed E-state index contributed by atoms with van der Waals surface area (Å²) in [5.74, 6) is 1.57. The van der Waals surface area contributed by atoms with E-state index in [1.165, 1.54) is 0 Å². The molecule has 5 nitrogen and oxygen atoms in total. The molecule has 2 aliphatic rings. The number of hydrogen-bond acceptors (Lipinski definition) is 4. The summed E-state index contributed by atoms with van der Waals surface area (Å²) in [6.07, 6.45) is 0. The smallest absolute Gasteiger partial charge is 0.232 e. The predicted octanol–water partition coefficient (Wildman–Crippen LogP) is 3.70. The van der Waals surface area contributed by atoms with Crippen LogP contribution in [0.15, 0.2) is 42.5 Å². The summed E-state index contributed by atoms with van der Waals surface area (Å²) >= 11 is 6.10. The van der Waals surface area contributed by atoms with Gasteiger partial charge >= 0.3 is 0 Å². The van der Waals surface area contributed by atoms with E-state index in [1.807, 2.05) is 55.1 Å². The molecule has 0 aromatic heterocycles. The van der Waals surface area contributed by atoms with Crippen molar-refractivity contribution in [3.05, 3.63) is 53.1 Å². The lowest BCUT2D eigenvalue weighted by Crippen LogP contribution is -2.53. The first-order valence-electron chi connectivity index (χ1n) is 9.15. The summed E-state index contributed by atoms with van der Waals surface area (Å²) < 4.78 is 10.8. The quantitative estimate of drug-likeness (QED) is 0.806. The Balaban J connectivity index is 1.45. The van der Waals surface area contributed by atoms with Crippen LogP contribution in [0.1, 0.15) is 19.4 Å². The number of hydrogen-bond donors (Lipinski definition) is 0. The maximum Gasteiger partial charge on any atom is 0.232 e. The molecule has 142 valence electrons. The second-order valence-electron chi connectivity index (χ2n) is 7.45. The third kappa shape index (κ3) is 3.44. The van der Waals surface area contributed by atoms with Gasteiger partial charge in [-0.2, -0.15) is 0 Å². The minimum absolute atomic E-state index is 0.132. The van der Waals surface area contributed by atoms with Crippen LogP contribution < -0.4 is 14.4 Å². The summed E-state index contributed by atoms with van der Waals surface area (Å²) in [6, 6.07) is 13.6. The van der Waals surface area contributed by atoms with E-state index in [4.69, 9.17) is 21.1 Å². The van der Waals surface area contributed by atoms with Gasteiger partial charge in [0.1, 0.15) is 0 Å². The third-order valence-corrected chi connectivity index (χ3v) is 5.60. The van der Waals surface area contributed by atoms with E-state index in [0.29, 0.717) is 18.8 Å². The molecule has 0 saturated carbocycles. The third-order valence-electron chi connectivity index (χ3n) is 5.37. The molecule has 0 atom stereocenters. The maximum absolute atomic E-state index is 13.2. The first-order valence-corrected chi connectivity index (χ1v) is 9.53. The zero-order valence-corrected chi connectivity index (χ0v) is 16.3. The van der Waals surface area contributed by atoms with E-state index in [1.54, 1.807) is 0 Å². The van der Waals surface area contributed by atoms with Crippen LogP contribution in [-0.4, -0.2) is 43.8 Å². The maximum atomic E-state index is 13.2. The summed E-state index contributed by atoms with van der Waals surface area (Å²) in [5.41, 5.74) is 1.41. The fourth-order valence-electron chi connectivity index (χ4n) is 3.64. The average molecular weight is 387 g/mol. The normalized spacial score (nSPS) is 16.6. The van der Waals surface area contributed by atoms with E-state index < -0.39 is 5.41 Å². The van der Waals surface area contributed by atoms with E-state index in [0.717, 1.165) is 35.1 Å². The Bertz CT molecular complexity index is 860. The largest absolute Gasteiger partial charge is 0.454 e. The molecule has 1 fully saturated rings. The number of piperazine rings is 1. The molecule has 2 heterocycles. The Labute approximate surface area is 164 Å². The number of amides is 1. The predicted molar refractivity (Wildman–Crippen MR) is 106 cm³/mol. The molecular formula is C21H23ClN2O3. The minimum atomic E-state index is -0.626. The summed E-state index contributed by atoms with van der Waals surface area (Å²) in [6.45, 7) is 7.15. The van der Waals surface area contributed by atoms with Crippen molar-refractivity contribution in [1.29, 1.82) is 0 Å². The number of anilines is 1. The molecule has 4 rings (SSSR count). The lowest BCUT2D eigenvalue weighted by Gasteiger charge is -2.39. The Hall–Kier alpha value is -2.40. The highest BCUT2D eigenvalue weighted by Gasteiger charge is 2.36. The molecule has 2 aromatic rings. The van der Waals surface area contributed by atoms with Gasteiger partial charge in [-0.15, -0.1) is 0 Å². The summed E-state index contributed by atoms with van der Waals surface area (Å²) in [7, 11) is 0. The average Bonchev–Trinajstić information content (AvgIpc) is 3.15. The molecule has 0 unspecified atom stereocenters. The fourth-order valence-corrected chi connectivity index (χ4v) is 3.83. The molecule has 6 heteroatoms. The molecule has 0 bridgehead atoms. The van der Waals surface area contributed by atoms with Crippen LogP contribution in [0.4, 0.5) is 5.69 Å². The number of rotatable bonds is 3. The van der Waals surface area contributed by atoms with Crippen LogP contribution in [-0.2, 0) is 10.2 Å². The molecule has 0 radical (unpaired) electrons. The number of halogens is 1. The number of fused-ring (bicyclic) bond motifs is 1. The van der Waals surface area contributed by atoms with E-state index in [-0.39, 0.29) is 12.7 Å². The van der Waals surface area contributed by atoms with Crippen molar-refractivity contribution in [1.82, 2.24) is 4.90 Å². The van der Waals surface area contributed by atoms with Crippen molar-refractivity contribution in [2.75, 3.05) is 37.9 Å². The van der Waals surface area contributed by atoms with Crippen molar-refractivity contribution in [3.63, 3.8) is 0 Å². The lowest BCUT2D eigenvalue weighted by atomic mass is 9.82. The number of benzene rings is 2. The van der Waals surface area contributed by atoms with Gasteiger partial charge in [0.2, 0.25) is 12.7 Å². The molecule has 0 aliphatic carbocycles. The Kier molecular flexibility index (Phi) is 4.64. The number of carbonyl (C=O) groups excluding carboxylic acids is 1. The van der Waals surface area contributed by atoms with Crippen molar-refractivity contribution < 1.29 is 14.3 Å². The Morgan fingerprint density at radius 1 is 1.00 bits per heavy atom. The molecule has 27 heavy (non-hydrogen) atoms. The van der Waals surface area contributed by atoms with Crippen molar-refractivity contribution in [2.24, 2.45) is 0 Å². The molecule has 2 aromatic carbocycles. The highest BCUT2D eigenvalue weighted by molar-refractivity contribution is 6.30. The number of ether oxygens (including phenoxy) is 2. The highest BCUT2D eigenvalue weighted by atomic mass is 35.5. The van der Waals surface area contributed by atoms with Crippen LogP contribution in [0.25, 0.3) is 0 Å². The monoisotopic (exact) mass is 386 g/mol. The first kappa shape index (κ1) is 18.0. The van der Waals surface area contributed by atoms with Crippen LogP contribution in [0.5, 0.6) is 11.5 Å². The van der Waals surface area contributed by atoms with Gasteiger partial charge in [-0.1, -0.05) is 23.7 Å². The SMILES string of the molecule is CC(C)(C(=O)N1CCN(c2cccc(Cl)c2)CC1)c1ccc2c(c1)OCO2. The Morgan fingerprint density at radius 3 is 2.48 bits per heavy atom. The first-order chi connectivity index (χ1) is 12.9. The fraction of sp³-hybridized carbons (Fsp3) is 0.381. The standard InChI is InChI=1S/C21H23ClN2O3/c1-21(2,15-6-7-18-19(12-15)27-14-26-18)20(25)24-10-8-23(9-11-24)17-5-3-4-16(22)13-17/h3-7,12-13H,8-11,14H2,1-2H3. The van der Waals surface area contributed by atoms with E-state index >= 15 is 0 Å². The highest BCUT2D eigenvalue weighted by Crippen LogP contribution is 2.37. The second kappa shape index (κ2) is 6.97. The van der Waals surface area contributed by atoms with Gasteiger partial charge in [-0.25, -0.2) is 0 Å². The zero-order chi connectivity index (χ0) is 19.0. The molecule has 0 spiro atoms.